The molecule has 0 fully saturated rings. The molecule has 2 aromatic carbocycles. The van der Waals surface area contributed by atoms with E-state index in [-0.39, 0.29) is 30.0 Å². The lowest BCUT2D eigenvalue weighted by molar-refractivity contribution is -0.113. The quantitative estimate of drug-likeness (QED) is 0.541. The van der Waals surface area contributed by atoms with Crippen molar-refractivity contribution in [3.05, 3.63) is 88.1 Å². The Morgan fingerprint density at radius 2 is 1.85 bits per heavy atom. The number of aromatic nitrogens is 1. The predicted octanol–water partition coefficient (Wildman–Crippen LogP) is 3.04. The number of rotatable bonds is 6. The van der Waals surface area contributed by atoms with Crippen molar-refractivity contribution < 1.29 is 22.8 Å². The van der Waals surface area contributed by atoms with Gasteiger partial charge in [0.2, 0.25) is 15.9 Å². The summed E-state index contributed by atoms with van der Waals surface area (Å²) in [6.07, 6.45) is 6.05. The first-order chi connectivity index (χ1) is 16.0. The van der Waals surface area contributed by atoms with E-state index in [9.17, 15) is 22.8 Å². The minimum Gasteiger partial charge on any atom is -0.366 e. The number of Topliss-reactive ketones (excluding diaryl/α,β-unsaturated/α-hetero) is 1. The Bertz CT molecular complexity index is 1520. The van der Waals surface area contributed by atoms with Crippen LogP contribution in [0.4, 0.5) is 0 Å². The summed E-state index contributed by atoms with van der Waals surface area (Å²) in [6, 6.07) is 11.5. The van der Waals surface area contributed by atoms with E-state index < -0.39 is 21.8 Å². The molecule has 34 heavy (non-hydrogen) atoms. The van der Waals surface area contributed by atoms with Crippen molar-refractivity contribution in [1.29, 1.82) is 0 Å². The minimum absolute atomic E-state index is 0.0107. The van der Waals surface area contributed by atoms with Gasteiger partial charge in [0.05, 0.1) is 6.26 Å². The van der Waals surface area contributed by atoms with Crippen molar-refractivity contribution in [3.8, 4) is 0 Å². The fourth-order valence-corrected chi connectivity index (χ4v) is 4.54. The fourth-order valence-electron chi connectivity index (χ4n) is 3.94. The molecule has 0 spiro atoms. The Labute approximate surface area is 200 Å². The Hall–Kier alpha value is -3.69. The van der Waals surface area contributed by atoms with Crippen molar-refractivity contribution in [3.63, 3.8) is 0 Å². The first-order valence-electron chi connectivity index (χ1n) is 10.2. The highest BCUT2D eigenvalue weighted by Crippen LogP contribution is 2.36. The Morgan fingerprint density at radius 1 is 1.15 bits per heavy atom. The van der Waals surface area contributed by atoms with Crippen molar-refractivity contribution >= 4 is 55.7 Å². The van der Waals surface area contributed by atoms with Gasteiger partial charge in [0.25, 0.3) is 5.91 Å². The van der Waals surface area contributed by atoms with Crippen LogP contribution in [0.5, 0.6) is 0 Å². The van der Waals surface area contributed by atoms with E-state index in [1.54, 1.807) is 65.3 Å². The van der Waals surface area contributed by atoms with Gasteiger partial charge in [0.15, 0.2) is 5.78 Å². The molecule has 0 aliphatic heterocycles. The average molecular weight is 498 g/mol. The molecule has 2 amide bonds. The zero-order valence-electron chi connectivity index (χ0n) is 18.0. The number of carbonyl (C=O) groups excluding carboxylic acids is 3. The van der Waals surface area contributed by atoms with E-state index in [1.807, 2.05) is 4.72 Å². The van der Waals surface area contributed by atoms with Gasteiger partial charge >= 0.3 is 0 Å². The number of nitrogens with one attached hydrogen (secondary N) is 1. The van der Waals surface area contributed by atoms with Crippen molar-refractivity contribution in [1.82, 2.24) is 9.29 Å². The average Bonchev–Trinajstić information content (AvgIpc) is 3.06. The van der Waals surface area contributed by atoms with Crippen LogP contribution in [-0.4, -0.2) is 36.8 Å². The monoisotopic (exact) mass is 497 g/mol. The number of nitrogens with two attached hydrogens (primary N) is 1. The standard InChI is InChI=1S/C24H20ClN3O5S/c1-34(32,33)27-24(31)22-21(17-4-2-3-5-20(17)29)18-12-16(25)10-11-19(18)28(22)13-14-6-8-15(9-7-14)23(26)30/h2-4,6-12H,5,13H2,1H3,(H2,26,30)(H,27,31). The number of amides is 2. The molecule has 0 atom stereocenters. The summed E-state index contributed by atoms with van der Waals surface area (Å²) in [4.78, 5) is 37.5. The van der Waals surface area contributed by atoms with Crippen molar-refractivity contribution in [2.45, 2.75) is 13.0 Å². The molecule has 1 aromatic heterocycles. The molecule has 1 aliphatic rings. The van der Waals surface area contributed by atoms with Gasteiger partial charge in [-0.3, -0.25) is 14.4 Å². The number of carbonyl (C=O) groups is 3. The second-order valence-electron chi connectivity index (χ2n) is 7.87. The van der Waals surface area contributed by atoms with Gasteiger partial charge in [0.1, 0.15) is 5.69 Å². The second kappa shape index (κ2) is 8.92. The number of halogens is 1. The van der Waals surface area contributed by atoms with Crippen LogP contribution in [0.1, 0.15) is 38.4 Å². The Balaban J connectivity index is 2.00. The zero-order chi connectivity index (χ0) is 24.6. The van der Waals surface area contributed by atoms with Gasteiger partial charge in [-0.05, 0) is 35.9 Å². The van der Waals surface area contributed by atoms with Gasteiger partial charge in [-0.15, -0.1) is 0 Å². The van der Waals surface area contributed by atoms with Crippen LogP contribution in [0.25, 0.3) is 16.5 Å². The molecular weight excluding hydrogens is 478 g/mol. The van der Waals surface area contributed by atoms with E-state index >= 15 is 0 Å². The van der Waals surface area contributed by atoms with Crippen LogP contribution in [0.15, 0.2) is 60.7 Å². The summed E-state index contributed by atoms with van der Waals surface area (Å²) in [6.45, 7) is 0.154. The third kappa shape index (κ3) is 4.66. The van der Waals surface area contributed by atoms with E-state index in [0.717, 1.165) is 11.8 Å². The highest BCUT2D eigenvalue weighted by molar-refractivity contribution is 7.89. The lowest BCUT2D eigenvalue weighted by Crippen LogP contribution is -2.32. The molecule has 3 aromatic rings. The Morgan fingerprint density at radius 3 is 2.47 bits per heavy atom. The number of nitrogens with zero attached hydrogens (tertiary/aromatic N) is 1. The smallest absolute Gasteiger partial charge is 0.282 e. The van der Waals surface area contributed by atoms with Crippen LogP contribution in [0, 0.1) is 0 Å². The molecule has 0 radical (unpaired) electrons. The number of allylic oxidation sites excluding steroid dienone is 4. The first-order valence-corrected chi connectivity index (χ1v) is 12.4. The highest BCUT2D eigenvalue weighted by Gasteiger charge is 2.29. The fraction of sp³-hybridized carbons (Fsp3) is 0.125. The lowest BCUT2D eigenvalue weighted by Gasteiger charge is -2.14. The summed E-state index contributed by atoms with van der Waals surface area (Å²) < 4.78 is 27.5. The van der Waals surface area contributed by atoms with E-state index in [4.69, 9.17) is 17.3 Å². The summed E-state index contributed by atoms with van der Waals surface area (Å²) in [7, 11) is -3.89. The molecule has 0 saturated heterocycles. The second-order valence-corrected chi connectivity index (χ2v) is 10.1. The van der Waals surface area contributed by atoms with Gasteiger partial charge < -0.3 is 10.3 Å². The van der Waals surface area contributed by atoms with Crippen LogP contribution in [-0.2, 0) is 21.4 Å². The number of primary amides is 1. The number of sulfonamides is 1. The van der Waals surface area contributed by atoms with Crippen LogP contribution >= 0.6 is 11.6 Å². The SMILES string of the molecule is CS(=O)(=O)NC(=O)c1c(C2=CC=CCC2=O)c2cc(Cl)ccc2n1Cc1ccc(C(N)=O)cc1. The summed E-state index contributed by atoms with van der Waals surface area (Å²) in [5.41, 5.74) is 7.56. The Kier molecular flexibility index (Phi) is 6.16. The van der Waals surface area contributed by atoms with Crippen molar-refractivity contribution in [2.24, 2.45) is 5.73 Å². The third-order valence-electron chi connectivity index (χ3n) is 5.37. The number of fused-ring (bicyclic) bond motifs is 1. The van der Waals surface area contributed by atoms with Gasteiger partial charge in [-0.25, -0.2) is 13.1 Å². The normalized spacial score (nSPS) is 13.7. The summed E-state index contributed by atoms with van der Waals surface area (Å²) in [5, 5.41) is 0.931. The first kappa shape index (κ1) is 23.5. The topological polar surface area (TPSA) is 128 Å². The molecular formula is C24H20ClN3O5S. The molecule has 1 aliphatic carbocycles. The highest BCUT2D eigenvalue weighted by atomic mass is 35.5. The molecule has 174 valence electrons. The van der Waals surface area contributed by atoms with E-state index in [0.29, 0.717) is 27.1 Å². The number of benzene rings is 2. The lowest BCUT2D eigenvalue weighted by atomic mass is 9.93. The molecule has 10 heteroatoms. The van der Waals surface area contributed by atoms with E-state index in [1.165, 1.54) is 0 Å². The number of hydrogen-bond donors (Lipinski definition) is 2. The van der Waals surface area contributed by atoms with Crippen LogP contribution < -0.4 is 10.5 Å². The maximum atomic E-state index is 13.3. The summed E-state index contributed by atoms with van der Waals surface area (Å²) >= 11 is 6.25. The van der Waals surface area contributed by atoms with Crippen molar-refractivity contribution in [2.75, 3.05) is 6.26 Å². The van der Waals surface area contributed by atoms with E-state index in [2.05, 4.69) is 0 Å². The molecule has 8 nitrogen and oxygen atoms in total. The molecule has 0 saturated carbocycles. The third-order valence-corrected chi connectivity index (χ3v) is 6.16. The van der Waals surface area contributed by atoms with Gasteiger partial charge in [-0.2, -0.15) is 0 Å². The maximum absolute atomic E-state index is 13.3. The molecule has 0 bridgehead atoms. The number of hydrogen-bond acceptors (Lipinski definition) is 5. The molecule has 0 unspecified atom stereocenters. The summed E-state index contributed by atoms with van der Waals surface area (Å²) in [5.74, 6) is -1.65. The van der Waals surface area contributed by atoms with Gasteiger partial charge in [-0.1, -0.05) is 42.0 Å². The maximum Gasteiger partial charge on any atom is 0.282 e. The predicted molar refractivity (Wildman–Crippen MR) is 130 cm³/mol. The molecule has 1 heterocycles. The van der Waals surface area contributed by atoms with Crippen LogP contribution in [0.3, 0.4) is 0 Å². The zero-order valence-corrected chi connectivity index (χ0v) is 19.6. The molecule has 3 N–H and O–H groups in total. The number of ketones is 1. The largest absolute Gasteiger partial charge is 0.366 e. The molecule has 4 rings (SSSR count). The minimum atomic E-state index is -3.89. The van der Waals surface area contributed by atoms with Gasteiger partial charge in [0, 0.05) is 45.6 Å². The van der Waals surface area contributed by atoms with Crippen LogP contribution in [0.2, 0.25) is 5.02 Å².